The van der Waals surface area contributed by atoms with Crippen LogP contribution in [0, 0.1) is 12.3 Å². The molecule has 252 valence electrons. The van der Waals surface area contributed by atoms with Crippen LogP contribution >= 0.6 is 0 Å². The Kier molecular flexibility index (Phi) is 10.7. The van der Waals surface area contributed by atoms with E-state index in [2.05, 4.69) is 30.2 Å². The number of likely N-dealkylation sites (tertiary alicyclic amines) is 1. The van der Waals surface area contributed by atoms with Gasteiger partial charge in [-0.3, -0.25) is 4.90 Å². The van der Waals surface area contributed by atoms with Gasteiger partial charge in [0.15, 0.2) is 11.5 Å². The van der Waals surface area contributed by atoms with Crippen molar-refractivity contribution in [1.82, 2.24) is 4.90 Å². The Bertz CT molecular complexity index is 1780. The third-order valence-electron chi connectivity index (χ3n) is 9.30. The quantitative estimate of drug-likeness (QED) is 0.114. The number of piperidine rings is 1. The van der Waals surface area contributed by atoms with Crippen LogP contribution in [0.2, 0.25) is 0 Å². The molecule has 49 heavy (non-hydrogen) atoms. The van der Waals surface area contributed by atoms with Crippen LogP contribution in [-0.4, -0.2) is 57.0 Å². The number of rotatable bonds is 12. The van der Waals surface area contributed by atoms with Crippen molar-refractivity contribution in [2.75, 3.05) is 34.0 Å². The maximum atomic E-state index is 14.0. The van der Waals surface area contributed by atoms with Gasteiger partial charge in [-0.05, 0) is 89.8 Å². The van der Waals surface area contributed by atoms with E-state index in [4.69, 9.17) is 30.1 Å². The number of fused-ring (bicyclic) bond motifs is 3. The van der Waals surface area contributed by atoms with Crippen molar-refractivity contribution in [1.29, 1.82) is 0 Å². The normalized spacial score (nSPS) is 15.7. The molecule has 4 aromatic rings. The molecule has 0 N–H and O–H groups in total. The van der Waals surface area contributed by atoms with Gasteiger partial charge in [0.05, 0.1) is 14.2 Å². The van der Waals surface area contributed by atoms with E-state index in [9.17, 15) is 9.59 Å². The number of benzene rings is 4. The van der Waals surface area contributed by atoms with Crippen molar-refractivity contribution >= 4 is 12.1 Å². The van der Waals surface area contributed by atoms with Gasteiger partial charge in [-0.15, -0.1) is 6.42 Å². The highest BCUT2D eigenvalue weighted by Crippen LogP contribution is 2.44. The first-order valence-corrected chi connectivity index (χ1v) is 16.7. The molecule has 0 saturated carbocycles. The number of carbonyl (C=O) groups is 2. The van der Waals surface area contributed by atoms with Gasteiger partial charge in [0.1, 0.15) is 31.1 Å². The maximum Gasteiger partial charge on any atom is 0.410 e. The predicted octanol–water partition coefficient (Wildman–Crippen LogP) is 7.74. The number of esters is 1. The Labute approximate surface area is 287 Å². The summed E-state index contributed by atoms with van der Waals surface area (Å²) in [6, 6.07) is 28.8. The number of aryl methyl sites for hydroxylation is 1. The van der Waals surface area contributed by atoms with Crippen molar-refractivity contribution in [2.45, 2.75) is 50.2 Å². The second-order valence-corrected chi connectivity index (χ2v) is 12.2. The molecule has 0 radical (unpaired) electrons. The van der Waals surface area contributed by atoms with Gasteiger partial charge in [-0.25, -0.2) is 9.59 Å². The Hall–Kier alpha value is -5.42. The van der Waals surface area contributed by atoms with Crippen LogP contribution in [0.1, 0.15) is 60.0 Å². The lowest BCUT2D eigenvalue weighted by molar-refractivity contribution is -0.157. The molecular formula is C41H41NO7. The topological polar surface area (TPSA) is 83.5 Å². The molecule has 8 nitrogen and oxygen atoms in total. The fraction of sp³-hybridized carbons (Fsp3) is 0.317. The molecule has 8 heteroatoms. The van der Waals surface area contributed by atoms with E-state index in [-0.39, 0.29) is 19.1 Å². The Morgan fingerprint density at radius 2 is 1.61 bits per heavy atom. The highest BCUT2D eigenvalue weighted by atomic mass is 16.6. The molecule has 0 bridgehead atoms. The lowest BCUT2D eigenvalue weighted by atomic mass is 9.98. The molecule has 0 aromatic heterocycles. The number of amides is 1. The fourth-order valence-electron chi connectivity index (χ4n) is 6.85. The van der Waals surface area contributed by atoms with Crippen molar-refractivity contribution in [3.63, 3.8) is 0 Å². The summed E-state index contributed by atoms with van der Waals surface area (Å²) in [6.07, 6.45) is 7.45. The molecular weight excluding hydrogens is 618 g/mol. The van der Waals surface area contributed by atoms with Crippen molar-refractivity contribution in [2.24, 2.45) is 0 Å². The first-order chi connectivity index (χ1) is 24.0. The van der Waals surface area contributed by atoms with Gasteiger partial charge in [0.2, 0.25) is 0 Å². The summed E-state index contributed by atoms with van der Waals surface area (Å²) < 4.78 is 28.8. The highest BCUT2D eigenvalue weighted by Gasteiger charge is 2.37. The van der Waals surface area contributed by atoms with Crippen molar-refractivity contribution in [3.8, 4) is 40.7 Å². The molecule has 1 aliphatic carbocycles. The summed E-state index contributed by atoms with van der Waals surface area (Å²) in [5.41, 5.74) is 6.36. The zero-order valence-electron chi connectivity index (χ0n) is 27.9. The second-order valence-electron chi connectivity index (χ2n) is 12.2. The van der Waals surface area contributed by atoms with E-state index in [0.29, 0.717) is 43.1 Å². The molecule has 0 unspecified atom stereocenters. The predicted molar refractivity (Wildman–Crippen MR) is 187 cm³/mol. The smallest absolute Gasteiger partial charge is 0.410 e. The number of nitrogens with zero attached hydrogens (tertiary/aromatic N) is 1. The summed E-state index contributed by atoms with van der Waals surface area (Å²) >= 11 is 0. The number of methoxy groups -OCH3 is 2. The van der Waals surface area contributed by atoms with E-state index >= 15 is 0 Å². The number of hydrogen-bond acceptors (Lipinski definition) is 7. The molecule has 1 saturated heterocycles. The van der Waals surface area contributed by atoms with Crippen LogP contribution in [0.5, 0.6) is 17.2 Å². The third kappa shape index (κ3) is 7.52. The standard InChI is InChI=1S/C41H41NO7/c1-4-24-47-30-13-11-12-29(26-30)37(21-19-28-20-22-38(45-2)39(25-28)46-3)49-40(43)36-18-9-10-23-42(36)41(44)48-27-35-33-16-7-5-14-31(33)32-15-6-8-17-34(32)35/h1,5-8,11-17,20,22,25-26,35-37H,9-10,18-19,21,23-24,27H2,2-3H3/t36-,37+/m0/s1. The highest BCUT2D eigenvalue weighted by molar-refractivity contribution is 5.82. The van der Waals surface area contributed by atoms with E-state index in [1.807, 2.05) is 66.7 Å². The summed E-state index contributed by atoms with van der Waals surface area (Å²) in [4.78, 5) is 29.2. The van der Waals surface area contributed by atoms with Gasteiger partial charge in [0, 0.05) is 12.5 Å². The number of ether oxygens (including phenoxy) is 5. The third-order valence-corrected chi connectivity index (χ3v) is 9.30. The lowest BCUT2D eigenvalue weighted by Crippen LogP contribution is -2.49. The van der Waals surface area contributed by atoms with Crippen molar-refractivity contribution < 1.29 is 33.3 Å². The largest absolute Gasteiger partial charge is 0.493 e. The number of carbonyl (C=O) groups excluding carboxylic acids is 2. The number of terminal acetylenes is 1. The van der Waals surface area contributed by atoms with Crippen LogP contribution in [0.15, 0.2) is 91.0 Å². The first kappa shape index (κ1) is 33.5. The maximum absolute atomic E-state index is 14.0. The van der Waals surface area contributed by atoms with Gasteiger partial charge >= 0.3 is 12.1 Å². The minimum absolute atomic E-state index is 0.0727. The van der Waals surface area contributed by atoms with Crippen LogP contribution in [0.25, 0.3) is 11.1 Å². The minimum atomic E-state index is -0.756. The average Bonchev–Trinajstić information content (AvgIpc) is 3.47. The number of hydrogen-bond donors (Lipinski definition) is 0. The van der Waals surface area contributed by atoms with Gasteiger partial charge in [-0.2, -0.15) is 0 Å². The van der Waals surface area contributed by atoms with E-state index in [1.54, 1.807) is 14.2 Å². The first-order valence-electron chi connectivity index (χ1n) is 16.7. The Balaban J connectivity index is 1.18. The van der Waals surface area contributed by atoms with Crippen LogP contribution in [-0.2, 0) is 20.7 Å². The summed E-state index contributed by atoms with van der Waals surface area (Å²) in [7, 11) is 3.19. The fourth-order valence-corrected chi connectivity index (χ4v) is 6.85. The Morgan fingerprint density at radius 3 is 2.33 bits per heavy atom. The SMILES string of the molecule is C#CCOc1cccc([C@@H](CCc2ccc(OC)c(OC)c2)OC(=O)[C@@H]2CCCCN2C(=O)OCC2c3ccccc3-c3ccccc32)c1. The molecule has 1 amide bonds. The van der Waals surface area contributed by atoms with E-state index in [1.165, 1.54) is 4.90 Å². The monoisotopic (exact) mass is 659 g/mol. The summed E-state index contributed by atoms with van der Waals surface area (Å²) in [5, 5.41) is 0. The molecule has 6 rings (SSSR count). The van der Waals surface area contributed by atoms with E-state index < -0.39 is 24.2 Å². The molecule has 1 aliphatic heterocycles. The summed E-state index contributed by atoms with van der Waals surface area (Å²) in [5.74, 6) is 3.80. The zero-order valence-corrected chi connectivity index (χ0v) is 27.9. The van der Waals surface area contributed by atoms with Crippen LogP contribution < -0.4 is 14.2 Å². The molecule has 0 spiro atoms. The second kappa shape index (κ2) is 15.7. The van der Waals surface area contributed by atoms with Gasteiger partial charge in [0.25, 0.3) is 0 Å². The average molecular weight is 660 g/mol. The molecule has 1 heterocycles. The van der Waals surface area contributed by atoms with Crippen LogP contribution in [0.4, 0.5) is 4.79 Å². The van der Waals surface area contributed by atoms with E-state index in [0.717, 1.165) is 46.2 Å². The molecule has 2 aliphatic rings. The minimum Gasteiger partial charge on any atom is -0.493 e. The molecule has 1 fully saturated rings. The summed E-state index contributed by atoms with van der Waals surface area (Å²) in [6.45, 7) is 0.725. The molecule has 2 atom stereocenters. The van der Waals surface area contributed by atoms with Crippen molar-refractivity contribution in [3.05, 3.63) is 113 Å². The lowest BCUT2D eigenvalue weighted by Gasteiger charge is -2.34. The van der Waals surface area contributed by atoms with Gasteiger partial charge < -0.3 is 23.7 Å². The Morgan fingerprint density at radius 1 is 0.878 bits per heavy atom. The molecule has 4 aromatic carbocycles. The zero-order chi connectivity index (χ0) is 34.2. The van der Waals surface area contributed by atoms with Gasteiger partial charge in [-0.1, -0.05) is 72.7 Å². The van der Waals surface area contributed by atoms with Crippen LogP contribution in [0.3, 0.4) is 0 Å².